The van der Waals surface area contributed by atoms with Crippen molar-refractivity contribution in [2.24, 2.45) is 0 Å². The van der Waals surface area contributed by atoms with Crippen LogP contribution in [0.2, 0.25) is 0 Å². The van der Waals surface area contributed by atoms with Crippen LogP contribution in [-0.2, 0) is 14.9 Å². The second-order valence-electron chi connectivity index (χ2n) is 2.85. The average Bonchev–Trinajstić information content (AvgIpc) is 2.25. The van der Waals surface area contributed by atoms with Crippen LogP contribution in [0.15, 0.2) is 41.8 Å². The van der Waals surface area contributed by atoms with Crippen molar-refractivity contribution in [3.63, 3.8) is 0 Å². The summed E-state index contributed by atoms with van der Waals surface area (Å²) >= 11 is 0. The number of para-hydroxylation sites is 1. The van der Waals surface area contributed by atoms with Crippen molar-refractivity contribution in [2.45, 2.75) is 4.90 Å². The summed E-state index contributed by atoms with van der Waals surface area (Å²) in [4.78, 5) is 10.4. The molecule has 18 heavy (non-hydrogen) atoms. The molecule has 0 bridgehead atoms. The molecule has 0 unspecified atom stereocenters. The maximum atomic E-state index is 11.1. The number of carbonyl (C=O) groups excluding carboxylic acids is 1. The van der Waals surface area contributed by atoms with E-state index in [0.29, 0.717) is 0 Å². The van der Waals surface area contributed by atoms with Crippen molar-refractivity contribution in [1.29, 1.82) is 0 Å². The van der Waals surface area contributed by atoms with E-state index in [0.717, 1.165) is 6.07 Å². The van der Waals surface area contributed by atoms with E-state index >= 15 is 0 Å². The molecule has 1 rings (SSSR count). The van der Waals surface area contributed by atoms with E-state index in [-0.39, 0.29) is 41.9 Å². The second-order valence-corrected chi connectivity index (χ2v) is 4.20. The molecule has 1 aromatic rings. The van der Waals surface area contributed by atoms with Crippen molar-refractivity contribution in [1.82, 2.24) is 0 Å². The molecule has 0 aliphatic carbocycles. The molecule has 0 saturated carbocycles. The van der Waals surface area contributed by atoms with Gasteiger partial charge >= 0.3 is 35.7 Å². The van der Waals surface area contributed by atoms with Crippen LogP contribution in [0.25, 0.3) is 0 Å². The molecule has 0 saturated heterocycles. The zero-order valence-corrected chi connectivity index (χ0v) is 12.5. The number of hydrogen-bond donors (Lipinski definition) is 0. The number of rotatable bonds is 4. The van der Waals surface area contributed by atoms with Crippen molar-refractivity contribution in [3.8, 4) is 5.75 Å². The first-order chi connectivity index (χ1) is 7.95. The largest absolute Gasteiger partial charge is 1.00 e. The van der Waals surface area contributed by atoms with Gasteiger partial charge in [-0.15, -0.1) is 0 Å². The molecule has 0 N–H and O–H groups in total. The van der Waals surface area contributed by atoms with Gasteiger partial charge < -0.3 is 14.0 Å². The normalized spacial score (nSPS) is 10.1. The van der Waals surface area contributed by atoms with Gasteiger partial charge in [-0.1, -0.05) is 24.8 Å². The van der Waals surface area contributed by atoms with Gasteiger partial charge in [0.05, 0.1) is 4.90 Å². The quantitative estimate of drug-likeness (QED) is 0.214. The molecular formula is C10H9NaO6S. The van der Waals surface area contributed by atoms with E-state index in [1.807, 2.05) is 0 Å². The fraction of sp³-hybridized carbons (Fsp3) is 0.100. The van der Waals surface area contributed by atoms with Gasteiger partial charge in [-0.25, -0.2) is 13.2 Å². The molecule has 1 aromatic carbocycles. The Labute approximate surface area is 127 Å². The Morgan fingerprint density at radius 1 is 1.39 bits per heavy atom. The number of benzene rings is 1. The molecular weight excluding hydrogens is 271 g/mol. The van der Waals surface area contributed by atoms with Crippen LogP contribution < -0.4 is 34.3 Å². The molecule has 6 nitrogen and oxygen atoms in total. The first-order valence-electron chi connectivity index (χ1n) is 4.45. The summed E-state index contributed by atoms with van der Waals surface area (Å²) < 4.78 is 41.6. The first-order valence-corrected chi connectivity index (χ1v) is 5.86. The van der Waals surface area contributed by atoms with Crippen molar-refractivity contribution in [3.05, 3.63) is 36.9 Å². The molecule has 0 radical (unpaired) electrons. The third-order valence-electron chi connectivity index (χ3n) is 1.63. The third-order valence-corrected chi connectivity index (χ3v) is 2.51. The second kappa shape index (κ2) is 7.55. The third kappa shape index (κ3) is 5.19. The van der Waals surface area contributed by atoms with E-state index in [2.05, 4.69) is 16.1 Å². The summed E-state index contributed by atoms with van der Waals surface area (Å²) in [6, 6.07) is 4.98. The van der Waals surface area contributed by atoms with E-state index in [9.17, 15) is 17.8 Å². The minimum atomic E-state index is -4.70. The molecule has 0 atom stereocenters. The Kier molecular flexibility index (Phi) is 7.19. The van der Waals surface area contributed by atoms with Gasteiger partial charge in [0.2, 0.25) is 0 Å². The maximum Gasteiger partial charge on any atom is 1.00 e. The molecule has 0 aliphatic rings. The summed E-state index contributed by atoms with van der Waals surface area (Å²) in [7, 11) is -4.70. The van der Waals surface area contributed by atoms with E-state index in [4.69, 9.17) is 0 Å². The van der Waals surface area contributed by atoms with Crippen molar-refractivity contribution >= 4 is 16.3 Å². The molecule has 0 heterocycles. The van der Waals surface area contributed by atoms with Gasteiger partial charge in [0.25, 0.3) is 0 Å². The topological polar surface area (TPSA) is 92.7 Å². The Bertz CT molecular complexity index is 525. The number of carbonyl (C=O) groups is 1. The molecule has 92 valence electrons. The first kappa shape index (κ1) is 17.1. The standard InChI is InChI=1S/C10H10O6S.Na/c1-2-7-15-10(11)16-8-5-3-4-6-9(8)17(12,13)14;/h2-6H,1,7H2,(H,12,13,14);/q;+1/p-1. The Morgan fingerprint density at radius 3 is 2.56 bits per heavy atom. The van der Waals surface area contributed by atoms with Gasteiger partial charge in [-0.05, 0) is 12.1 Å². The number of hydrogen-bond acceptors (Lipinski definition) is 6. The SMILES string of the molecule is C=CCOC(=O)Oc1ccccc1S(=O)(=O)[O-].[Na+]. The van der Waals surface area contributed by atoms with Crippen LogP contribution in [0.5, 0.6) is 5.75 Å². The fourth-order valence-corrected chi connectivity index (χ4v) is 1.59. The van der Waals surface area contributed by atoms with E-state index in [1.165, 1.54) is 24.3 Å². The van der Waals surface area contributed by atoms with Crippen molar-refractivity contribution < 1.29 is 56.8 Å². The van der Waals surface area contributed by atoms with Crippen LogP contribution in [0.1, 0.15) is 0 Å². The maximum absolute atomic E-state index is 11.1. The summed E-state index contributed by atoms with van der Waals surface area (Å²) in [5, 5.41) is 0. The summed E-state index contributed by atoms with van der Waals surface area (Å²) in [5.74, 6) is -0.364. The zero-order valence-electron chi connectivity index (χ0n) is 9.66. The van der Waals surface area contributed by atoms with Gasteiger partial charge in [-0.2, -0.15) is 0 Å². The summed E-state index contributed by atoms with van der Waals surface area (Å²) in [6.45, 7) is 3.24. The predicted octanol–water partition coefficient (Wildman–Crippen LogP) is -1.70. The predicted molar refractivity (Wildman–Crippen MR) is 56.6 cm³/mol. The van der Waals surface area contributed by atoms with Crippen LogP contribution in [-0.4, -0.2) is 25.7 Å². The monoisotopic (exact) mass is 280 g/mol. The van der Waals surface area contributed by atoms with Gasteiger partial charge in [0.15, 0.2) is 5.75 Å². The Balaban J connectivity index is 0.00000289. The van der Waals surface area contributed by atoms with Gasteiger partial charge in [0.1, 0.15) is 16.7 Å². The van der Waals surface area contributed by atoms with Crippen molar-refractivity contribution in [2.75, 3.05) is 6.61 Å². The number of ether oxygens (including phenoxy) is 2. The van der Waals surface area contributed by atoms with E-state index in [1.54, 1.807) is 0 Å². The fourth-order valence-electron chi connectivity index (χ4n) is 0.987. The Morgan fingerprint density at radius 2 is 2.00 bits per heavy atom. The van der Waals surface area contributed by atoms with Gasteiger partial charge in [0, 0.05) is 0 Å². The average molecular weight is 280 g/mol. The van der Waals surface area contributed by atoms with Crippen LogP contribution in [0.3, 0.4) is 0 Å². The van der Waals surface area contributed by atoms with Crippen LogP contribution in [0.4, 0.5) is 4.79 Å². The van der Waals surface area contributed by atoms with Gasteiger partial charge in [-0.3, -0.25) is 0 Å². The van der Waals surface area contributed by atoms with E-state index < -0.39 is 21.2 Å². The molecule has 0 fully saturated rings. The molecule has 0 spiro atoms. The van der Waals surface area contributed by atoms with Crippen LogP contribution >= 0.6 is 0 Å². The molecule has 0 amide bonds. The summed E-state index contributed by atoms with van der Waals surface area (Å²) in [5.41, 5.74) is 0. The van der Waals surface area contributed by atoms with Crippen LogP contribution in [0, 0.1) is 0 Å². The smallest absolute Gasteiger partial charge is 0.744 e. The minimum Gasteiger partial charge on any atom is -0.744 e. The minimum absolute atomic E-state index is 0. The summed E-state index contributed by atoms with van der Waals surface area (Å²) in [6.07, 6.45) is 0.207. The Hall–Kier alpha value is -0.860. The molecule has 0 aromatic heterocycles. The molecule has 8 heteroatoms. The zero-order chi connectivity index (χ0) is 12.9. The molecule has 0 aliphatic heterocycles.